The minimum Gasteiger partial charge on any atom is -0.480 e. The number of hydrogen-bond donors (Lipinski definition) is 5. The quantitative estimate of drug-likeness (QED) is 0.178. The molecule has 0 aliphatic rings. The van der Waals surface area contributed by atoms with Crippen LogP contribution in [0.5, 0.6) is 0 Å². The summed E-state index contributed by atoms with van der Waals surface area (Å²) in [5.74, 6) is -2.56. The number of nitrogens with one attached hydrogen (secondary N) is 4. The Morgan fingerprint density at radius 3 is 1.71 bits per heavy atom. The number of alkyl carbamates (subject to hydrolysis) is 1. The molecule has 3 atom stereocenters. The number of ether oxygens (including phenoxy) is 2. The van der Waals surface area contributed by atoms with Gasteiger partial charge in [0.15, 0.2) is 0 Å². The fourth-order valence-corrected chi connectivity index (χ4v) is 4.73. The van der Waals surface area contributed by atoms with Crippen LogP contribution in [0.4, 0.5) is 15.3 Å². The molecule has 5 N–H and O–H groups in total. The monoisotopic (exact) mass is 668 g/mol. The van der Waals surface area contributed by atoms with E-state index < -0.39 is 59.1 Å². The van der Waals surface area contributed by atoms with Gasteiger partial charge in [-0.2, -0.15) is 0 Å². The molecular formula is C36H52N4O8. The Kier molecular flexibility index (Phi) is 14.0. The van der Waals surface area contributed by atoms with Gasteiger partial charge in [-0.25, -0.2) is 14.4 Å². The van der Waals surface area contributed by atoms with Crippen LogP contribution in [0.25, 0.3) is 0 Å². The van der Waals surface area contributed by atoms with E-state index in [9.17, 15) is 29.1 Å². The molecule has 0 aliphatic heterocycles. The molecule has 0 aliphatic carbocycles. The lowest BCUT2D eigenvalue weighted by Gasteiger charge is -2.30. The van der Waals surface area contributed by atoms with Crippen molar-refractivity contribution in [1.29, 1.82) is 0 Å². The minimum atomic E-state index is -1.34. The maximum atomic E-state index is 13.6. The molecule has 0 saturated carbocycles. The van der Waals surface area contributed by atoms with Crippen LogP contribution >= 0.6 is 0 Å². The summed E-state index contributed by atoms with van der Waals surface area (Å²) in [4.78, 5) is 64.5. The molecule has 0 fully saturated rings. The first kappa shape index (κ1) is 39.6. The number of benzene rings is 2. The number of carbonyl (C=O) groups excluding carboxylic acids is 4. The average molecular weight is 669 g/mol. The second-order valence-electron chi connectivity index (χ2n) is 15.3. The number of carboxylic acid groups (broad SMARTS) is 1. The Morgan fingerprint density at radius 1 is 0.667 bits per heavy atom. The molecule has 4 amide bonds. The van der Waals surface area contributed by atoms with Crippen molar-refractivity contribution in [3.8, 4) is 0 Å². The van der Waals surface area contributed by atoms with Crippen LogP contribution in [0.15, 0.2) is 54.6 Å². The van der Waals surface area contributed by atoms with Gasteiger partial charge in [0.05, 0.1) is 0 Å². The predicted octanol–water partition coefficient (Wildman–Crippen LogP) is 5.80. The van der Waals surface area contributed by atoms with Gasteiger partial charge < -0.3 is 30.5 Å². The van der Waals surface area contributed by atoms with Crippen molar-refractivity contribution in [2.24, 2.45) is 10.8 Å². The molecule has 12 heteroatoms. The van der Waals surface area contributed by atoms with Crippen LogP contribution in [-0.4, -0.2) is 58.8 Å². The molecule has 12 nitrogen and oxygen atoms in total. The predicted molar refractivity (Wildman–Crippen MR) is 183 cm³/mol. The topological polar surface area (TPSA) is 172 Å². The Labute approximate surface area is 283 Å². The third-order valence-corrected chi connectivity index (χ3v) is 6.71. The maximum absolute atomic E-state index is 13.6. The molecule has 264 valence electrons. The SMILES string of the molecule is CC(C)(C)C[C@H](NC(=O)[C@@H](CC(C)(C)C)NC(=O)OCc1ccccc1)C(=O)NC(Cc1cccc(NC(=O)OC(C)(C)C)c1)C(=O)O. The zero-order valence-corrected chi connectivity index (χ0v) is 29.6. The Morgan fingerprint density at radius 2 is 1.19 bits per heavy atom. The Hall–Kier alpha value is -4.61. The zero-order chi connectivity index (χ0) is 36.3. The first-order chi connectivity index (χ1) is 22.1. The third-order valence-electron chi connectivity index (χ3n) is 6.71. The van der Waals surface area contributed by atoms with Gasteiger partial charge in [0.25, 0.3) is 0 Å². The molecule has 2 aromatic rings. The van der Waals surface area contributed by atoms with Crippen molar-refractivity contribution in [1.82, 2.24) is 16.0 Å². The lowest BCUT2D eigenvalue weighted by atomic mass is 9.86. The molecule has 2 aromatic carbocycles. The average Bonchev–Trinajstić information content (AvgIpc) is 2.93. The van der Waals surface area contributed by atoms with Crippen LogP contribution in [0.2, 0.25) is 0 Å². The summed E-state index contributed by atoms with van der Waals surface area (Å²) >= 11 is 0. The standard InChI is InChI=1S/C36H52N4O8/c1-34(2,3)20-27(39-30(42)28(21-35(4,5)6)40-32(45)47-22-23-14-11-10-12-15-23)29(41)38-26(31(43)44)19-24-16-13-17-25(18-24)37-33(46)48-36(7,8)9/h10-18,26-28H,19-22H2,1-9H3,(H,37,46)(H,38,41)(H,39,42)(H,40,45)(H,43,44)/t26?,27-,28+/m0/s1. The minimum absolute atomic E-state index is 0.0160. The summed E-state index contributed by atoms with van der Waals surface area (Å²) < 4.78 is 10.6. The van der Waals surface area contributed by atoms with Crippen LogP contribution in [0, 0.1) is 10.8 Å². The number of hydrogen-bond acceptors (Lipinski definition) is 7. The highest BCUT2D eigenvalue weighted by Gasteiger charge is 2.34. The number of amides is 4. The van der Waals surface area contributed by atoms with Crippen LogP contribution < -0.4 is 21.3 Å². The van der Waals surface area contributed by atoms with Gasteiger partial charge >= 0.3 is 18.2 Å². The molecule has 0 heterocycles. The van der Waals surface area contributed by atoms with E-state index in [1.807, 2.05) is 71.9 Å². The highest BCUT2D eigenvalue weighted by atomic mass is 16.6. The van der Waals surface area contributed by atoms with Crippen molar-refractivity contribution >= 4 is 35.7 Å². The van der Waals surface area contributed by atoms with Gasteiger partial charge in [0.1, 0.15) is 30.3 Å². The van der Waals surface area contributed by atoms with Crippen LogP contribution in [-0.2, 0) is 36.9 Å². The van der Waals surface area contributed by atoms with Gasteiger partial charge in [-0.3, -0.25) is 14.9 Å². The second kappa shape index (κ2) is 17.0. The summed E-state index contributed by atoms with van der Waals surface area (Å²) in [5, 5.41) is 20.6. The Balaban J connectivity index is 2.20. The van der Waals surface area contributed by atoms with Gasteiger partial charge in [0.2, 0.25) is 11.8 Å². The van der Waals surface area contributed by atoms with Gasteiger partial charge in [-0.15, -0.1) is 0 Å². The first-order valence-electron chi connectivity index (χ1n) is 16.0. The van der Waals surface area contributed by atoms with E-state index in [0.717, 1.165) is 5.56 Å². The van der Waals surface area contributed by atoms with E-state index in [2.05, 4.69) is 21.3 Å². The normalized spacial score (nSPS) is 13.7. The summed E-state index contributed by atoms with van der Waals surface area (Å²) in [6, 6.07) is 12.2. The highest BCUT2D eigenvalue weighted by molar-refractivity contribution is 5.93. The van der Waals surface area contributed by atoms with Crippen LogP contribution in [0.1, 0.15) is 86.3 Å². The van der Waals surface area contributed by atoms with Crippen molar-refractivity contribution in [3.05, 3.63) is 65.7 Å². The lowest BCUT2D eigenvalue weighted by molar-refractivity contribution is -0.142. The molecule has 0 bridgehead atoms. The third kappa shape index (κ3) is 15.8. The second-order valence-corrected chi connectivity index (χ2v) is 15.3. The molecule has 0 saturated heterocycles. The van der Waals surface area contributed by atoms with Gasteiger partial charge in [0, 0.05) is 12.1 Å². The van der Waals surface area contributed by atoms with Crippen molar-refractivity contribution < 1.29 is 38.6 Å². The number of carboxylic acids is 1. The molecule has 1 unspecified atom stereocenters. The molecule has 0 radical (unpaired) electrons. The summed E-state index contributed by atoms with van der Waals surface area (Å²) in [6.07, 6.45) is -1.11. The van der Waals surface area contributed by atoms with E-state index in [-0.39, 0.29) is 31.3 Å². The molecular weight excluding hydrogens is 616 g/mol. The van der Waals surface area contributed by atoms with Crippen molar-refractivity contribution in [2.75, 3.05) is 5.32 Å². The number of carbonyl (C=O) groups is 5. The smallest absolute Gasteiger partial charge is 0.412 e. The zero-order valence-electron chi connectivity index (χ0n) is 29.6. The summed E-state index contributed by atoms with van der Waals surface area (Å²) in [7, 11) is 0. The summed E-state index contributed by atoms with van der Waals surface area (Å²) in [5.41, 5.74) is 0.208. The van der Waals surface area contributed by atoms with E-state index >= 15 is 0 Å². The number of aliphatic carboxylic acids is 1. The molecule has 0 aromatic heterocycles. The highest BCUT2D eigenvalue weighted by Crippen LogP contribution is 2.24. The Bertz CT molecular complexity index is 1410. The molecule has 2 rings (SSSR count). The summed E-state index contributed by atoms with van der Waals surface area (Å²) in [6.45, 7) is 16.7. The van der Waals surface area contributed by atoms with Crippen molar-refractivity contribution in [2.45, 2.75) is 112 Å². The molecule has 0 spiro atoms. The van der Waals surface area contributed by atoms with E-state index in [1.165, 1.54) is 0 Å². The lowest BCUT2D eigenvalue weighted by Crippen LogP contribution is -2.57. The fourth-order valence-electron chi connectivity index (χ4n) is 4.73. The van der Waals surface area contributed by atoms with Gasteiger partial charge in [-0.05, 0) is 67.7 Å². The van der Waals surface area contributed by atoms with Gasteiger partial charge in [-0.1, -0.05) is 84.0 Å². The van der Waals surface area contributed by atoms with Crippen molar-refractivity contribution in [3.63, 3.8) is 0 Å². The largest absolute Gasteiger partial charge is 0.480 e. The number of anilines is 1. The molecule has 48 heavy (non-hydrogen) atoms. The van der Waals surface area contributed by atoms with E-state index in [4.69, 9.17) is 9.47 Å². The first-order valence-corrected chi connectivity index (χ1v) is 16.0. The fraction of sp³-hybridized carbons (Fsp3) is 0.528. The number of rotatable bonds is 13. The maximum Gasteiger partial charge on any atom is 0.412 e. The van der Waals surface area contributed by atoms with Crippen LogP contribution in [0.3, 0.4) is 0 Å². The van der Waals surface area contributed by atoms with E-state index in [1.54, 1.807) is 45.0 Å². The van der Waals surface area contributed by atoms with E-state index in [0.29, 0.717) is 11.3 Å².